The van der Waals surface area contributed by atoms with Gasteiger partial charge >= 0.3 is 5.95 Å². The van der Waals surface area contributed by atoms with E-state index in [0.29, 0.717) is 10.8 Å². The molecule has 1 atom stereocenters. The fourth-order valence-corrected chi connectivity index (χ4v) is 1.80. The van der Waals surface area contributed by atoms with Crippen molar-refractivity contribution < 1.29 is 14.8 Å². The highest BCUT2D eigenvalue weighted by molar-refractivity contribution is 6.32. The van der Waals surface area contributed by atoms with Crippen molar-refractivity contribution in [1.29, 1.82) is 0 Å². The number of hydrogen-bond acceptors (Lipinski definition) is 6. The van der Waals surface area contributed by atoms with Crippen molar-refractivity contribution in [2.45, 2.75) is 19.6 Å². The van der Waals surface area contributed by atoms with Crippen molar-refractivity contribution in [1.82, 2.24) is 14.8 Å². The highest BCUT2D eigenvalue weighted by Crippen LogP contribution is 2.25. The van der Waals surface area contributed by atoms with Crippen LogP contribution in [-0.2, 0) is 6.54 Å². The van der Waals surface area contributed by atoms with E-state index in [4.69, 9.17) is 16.3 Å². The van der Waals surface area contributed by atoms with E-state index in [9.17, 15) is 15.2 Å². The molecule has 9 heteroatoms. The molecule has 0 amide bonds. The molecule has 1 heterocycles. The normalized spacial score (nSPS) is 12.1. The van der Waals surface area contributed by atoms with E-state index in [1.54, 1.807) is 12.1 Å². The van der Waals surface area contributed by atoms with Crippen LogP contribution in [0.25, 0.3) is 0 Å². The van der Waals surface area contributed by atoms with Crippen molar-refractivity contribution in [3.8, 4) is 5.75 Å². The summed E-state index contributed by atoms with van der Waals surface area (Å²) in [6.07, 6.45) is 0.281. The molecule has 0 aliphatic heterocycles. The van der Waals surface area contributed by atoms with Gasteiger partial charge in [0.25, 0.3) is 0 Å². The molecule has 0 aliphatic rings. The van der Waals surface area contributed by atoms with Gasteiger partial charge in [-0.2, -0.15) is 4.68 Å². The molecular formula is C12H13ClN4O4. The summed E-state index contributed by atoms with van der Waals surface area (Å²) in [6, 6.07) is 5.31. The number of ether oxygens (including phenoxy) is 1. The van der Waals surface area contributed by atoms with Gasteiger partial charge in [-0.05, 0) is 29.5 Å². The van der Waals surface area contributed by atoms with Gasteiger partial charge in [0.1, 0.15) is 18.5 Å². The Morgan fingerprint density at radius 2 is 2.33 bits per heavy atom. The lowest BCUT2D eigenvalue weighted by Crippen LogP contribution is -2.24. The maximum atomic E-state index is 10.4. The third-order valence-corrected chi connectivity index (χ3v) is 2.92. The number of hydrogen-bond donors (Lipinski definition) is 1. The molecule has 1 aromatic carbocycles. The van der Waals surface area contributed by atoms with Gasteiger partial charge in [0, 0.05) is 5.10 Å². The minimum absolute atomic E-state index is 0.0170. The molecule has 0 fully saturated rings. The van der Waals surface area contributed by atoms with Crippen LogP contribution in [0.1, 0.15) is 5.56 Å². The second kappa shape index (κ2) is 6.51. The number of nitrogens with zero attached hydrogens (tertiary/aromatic N) is 4. The number of aromatic nitrogens is 3. The molecule has 2 rings (SSSR count). The molecule has 0 spiro atoms. The molecule has 1 N–H and O–H groups in total. The number of nitro groups is 1. The van der Waals surface area contributed by atoms with E-state index in [1.807, 2.05) is 13.0 Å². The average Bonchev–Trinajstić information content (AvgIpc) is 2.88. The fraction of sp³-hybridized carbons (Fsp3) is 0.333. The van der Waals surface area contributed by atoms with Gasteiger partial charge in [-0.3, -0.25) is 0 Å². The van der Waals surface area contributed by atoms with Crippen molar-refractivity contribution in [2.24, 2.45) is 0 Å². The molecule has 2 aromatic rings. The van der Waals surface area contributed by atoms with Crippen molar-refractivity contribution in [2.75, 3.05) is 6.61 Å². The van der Waals surface area contributed by atoms with Crippen LogP contribution in [0.3, 0.4) is 0 Å². The van der Waals surface area contributed by atoms with Crippen molar-refractivity contribution in [3.63, 3.8) is 0 Å². The number of rotatable bonds is 6. The van der Waals surface area contributed by atoms with E-state index >= 15 is 0 Å². The van der Waals surface area contributed by atoms with Crippen LogP contribution in [-0.4, -0.2) is 37.5 Å². The minimum Gasteiger partial charge on any atom is -0.489 e. The van der Waals surface area contributed by atoms with Gasteiger partial charge in [0.15, 0.2) is 0 Å². The van der Waals surface area contributed by atoms with Gasteiger partial charge in [0.05, 0.1) is 11.6 Å². The lowest BCUT2D eigenvalue weighted by atomic mass is 10.2. The summed E-state index contributed by atoms with van der Waals surface area (Å²) in [5.74, 6) is -0.0369. The first-order valence-corrected chi connectivity index (χ1v) is 6.44. The quantitative estimate of drug-likeness (QED) is 0.641. The summed E-state index contributed by atoms with van der Waals surface area (Å²) < 4.78 is 6.61. The Morgan fingerprint density at radius 1 is 1.57 bits per heavy atom. The first-order valence-electron chi connectivity index (χ1n) is 6.06. The Balaban J connectivity index is 1.90. The van der Waals surface area contributed by atoms with E-state index in [2.05, 4.69) is 10.1 Å². The van der Waals surface area contributed by atoms with Crippen LogP contribution in [0.2, 0.25) is 5.02 Å². The maximum Gasteiger partial charge on any atom is 0.490 e. The van der Waals surface area contributed by atoms with Crippen LogP contribution in [0.15, 0.2) is 24.5 Å². The van der Waals surface area contributed by atoms with E-state index < -0.39 is 17.0 Å². The van der Waals surface area contributed by atoms with Crippen LogP contribution in [0.4, 0.5) is 5.95 Å². The Hall–Kier alpha value is -2.19. The lowest BCUT2D eigenvalue weighted by Gasteiger charge is -2.12. The molecule has 0 bridgehead atoms. The summed E-state index contributed by atoms with van der Waals surface area (Å²) >= 11 is 5.97. The highest BCUT2D eigenvalue weighted by atomic mass is 35.5. The molecule has 0 aliphatic carbocycles. The number of aliphatic hydroxyl groups excluding tert-OH is 1. The number of halogens is 1. The van der Waals surface area contributed by atoms with E-state index in [0.717, 1.165) is 5.56 Å². The number of aryl methyl sites for hydroxylation is 1. The van der Waals surface area contributed by atoms with Gasteiger partial charge in [0.2, 0.25) is 6.33 Å². The topological polar surface area (TPSA) is 103 Å². The van der Waals surface area contributed by atoms with E-state index in [-0.39, 0.29) is 13.2 Å². The predicted octanol–water partition coefficient (Wildman–Crippen LogP) is 1.59. The monoisotopic (exact) mass is 312 g/mol. The molecule has 0 radical (unpaired) electrons. The molecular weight excluding hydrogens is 300 g/mol. The van der Waals surface area contributed by atoms with Gasteiger partial charge in [-0.25, -0.2) is 0 Å². The zero-order chi connectivity index (χ0) is 15.4. The number of benzene rings is 1. The van der Waals surface area contributed by atoms with E-state index in [1.165, 1.54) is 11.0 Å². The van der Waals surface area contributed by atoms with Crippen LogP contribution < -0.4 is 4.74 Å². The lowest BCUT2D eigenvalue weighted by molar-refractivity contribution is -0.394. The molecule has 8 nitrogen and oxygen atoms in total. The average molecular weight is 313 g/mol. The van der Waals surface area contributed by atoms with Gasteiger partial charge < -0.3 is 20.0 Å². The summed E-state index contributed by atoms with van der Waals surface area (Å²) in [5.41, 5.74) is 0.982. The maximum absolute atomic E-state index is 10.4. The predicted molar refractivity (Wildman–Crippen MR) is 74.4 cm³/mol. The minimum atomic E-state index is -0.900. The third-order valence-electron chi connectivity index (χ3n) is 2.60. The zero-order valence-electron chi connectivity index (χ0n) is 11.1. The molecule has 112 valence electrons. The molecule has 0 saturated heterocycles. The summed E-state index contributed by atoms with van der Waals surface area (Å²) in [5, 5.41) is 24.3. The zero-order valence-corrected chi connectivity index (χ0v) is 11.9. The van der Waals surface area contributed by atoms with Crippen LogP contribution >= 0.6 is 11.6 Å². The summed E-state index contributed by atoms with van der Waals surface area (Å²) in [4.78, 5) is 13.2. The largest absolute Gasteiger partial charge is 0.490 e. The van der Waals surface area contributed by atoms with Crippen LogP contribution in [0.5, 0.6) is 5.75 Å². The first-order chi connectivity index (χ1) is 9.95. The van der Waals surface area contributed by atoms with Gasteiger partial charge in [-0.1, -0.05) is 22.7 Å². The smallest absolute Gasteiger partial charge is 0.489 e. The standard InChI is InChI=1S/C12H13ClN4O4/c1-8-2-3-10(13)11(4-8)21-6-9(18)5-16-7-14-12(15-16)17(19)20/h2-4,7,9,18H,5-6H2,1H3/t9-/m1/s1. The molecule has 0 unspecified atom stereocenters. The third kappa shape index (κ3) is 4.14. The second-order valence-corrected chi connectivity index (χ2v) is 4.83. The Morgan fingerprint density at radius 3 is 3.00 bits per heavy atom. The molecule has 0 saturated carbocycles. The Labute approximate surface area is 125 Å². The summed E-state index contributed by atoms with van der Waals surface area (Å²) in [6.45, 7) is 1.91. The fourth-order valence-electron chi connectivity index (χ4n) is 1.63. The molecule has 21 heavy (non-hydrogen) atoms. The molecule has 1 aromatic heterocycles. The Bertz CT molecular complexity index is 646. The number of aliphatic hydroxyl groups is 1. The van der Waals surface area contributed by atoms with Crippen molar-refractivity contribution in [3.05, 3.63) is 45.2 Å². The Kier molecular flexibility index (Phi) is 4.71. The first kappa shape index (κ1) is 15.2. The SMILES string of the molecule is Cc1ccc(Cl)c(OC[C@H](O)Cn2cnc([N+](=O)[O-])n2)c1. The highest BCUT2D eigenvalue weighted by Gasteiger charge is 2.16. The van der Waals surface area contributed by atoms with Crippen LogP contribution in [0, 0.1) is 17.0 Å². The van der Waals surface area contributed by atoms with Gasteiger partial charge in [-0.15, -0.1) is 0 Å². The van der Waals surface area contributed by atoms with Crippen molar-refractivity contribution >= 4 is 17.5 Å². The summed E-state index contributed by atoms with van der Waals surface area (Å²) in [7, 11) is 0. The second-order valence-electron chi connectivity index (χ2n) is 4.42.